The van der Waals surface area contributed by atoms with Gasteiger partial charge >= 0.3 is 5.56 Å². The Bertz CT molecular complexity index is 971. The van der Waals surface area contributed by atoms with E-state index in [0.717, 1.165) is 11.1 Å². The van der Waals surface area contributed by atoms with Crippen LogP contribution in [0.4, 0.5) is 0 Å². The highest BCUT2D eigenvalue weighted by Crippen LogP contribution is 2.22. The Morgan fingerprint density at radius 2 is 1.85 bits per heavy atom. The van der Waals surface area contributed by atoms with Crippen LogP contribution in [0, 0.1) is 0 Å². The molecular formula is C15H9N3O2. The van der Waals surface area contributed by atoms with Gasteiger partial charge in [-0.3, -0.25) is 9.36 Å². The van der Waals surface area contributed by atoms with Crippen LogP contribution in [-0.2, 0) is 0 Å². The van der Waals surface area contributed by atoms with Crippen LogP contribution in [0.25, 0.3) is 27.9 Å². The van der Waals surface area contributed by atoms with Crippen molar-refractivity contribution < 1.29 is 4.42 Å². The topological polar surface area (TPSA) is 60.9 Å². The van der Waals surface area contributed by atoms with Crippen molar-refractivity contribution >= 4 is 22.2 Å². The number of nitrogens with zero attached hydrogens (tertiary/aromatic N) is 3. The first-order valence-electron chi connectivity index (χ1n) is 6.15. The Hall–Kier alpha value is -2.95. The highest BCUT2D eigenvalue weighted by molar-refractivity contribution is 6.00. The molecule has 96 valence electrons. The molecule has 20 heavy (non-hydrogen) atoms. The van der Waals surface area contributed by atoms with E-state index < -0.39 is 0 Å². The number of para-hydroxylation sites is 1. The smallest absolute Gasteiger partial charge is 0.301 e. The summed E-state index contributed by atoms with van der Waals surface area (Å²) in [6.07, 6.45) is 3.14. The van der Waals surface area contributed by atoms with Crippen LogP contribution in [-0.4, -0.2) is 14.5 Å². The highest BCUT2D eigenvalue weighted by atomic mass is 16.3. The largest absolute Gasteiger partial charge is 0.430 e. The van der Waals surface area contributed by atoms with Crippen LogP contribution >= 0.6 is 0 Å². The van der Waals surface area contributed by atoms with E-state index in [-0.39, 0.29) is 11.1 Å². The fourth-order valence-electron chi connectivity index (χ4n) is 2.24. The molecule has 1 aromatic carbocycles. The normalized spacial score (nSPS) is 11.2. The second kappa shape index (κ2) is 4.03. The van der Waals surface area contributed by atoms with E-state index in [1.165, 1.54) is 10.9 Å². The number of pyridine rings is 1. The molecule has 0 aliphatic heterocycles. The monoisotopic (exact) mass is 263 g/mol. The Kier molecular flexibility index (Phi) is 2.20. The summed E-state index contributed by atoms with van der Waals surface area (Å²) in [6.45, 7) is 0. The number of furan rings is 1. The van der Waals surface area contributed by atoms with Gasteiger partial charge in [-0.1, -0.05) is 18.2 Å². The SMILES string of the molecule is O=c1c2oc3ncccc3c2ncn1-c1ccccc1. The molecule has 0 amide bonds. The molecule has 0 aliphatic carbocycles. The zero-order valence-electron chi connectivity index (χ0n) is 10.4. The molecule has 4 rings (SSSR count). The first-order chi connectivity index (χ1) is 9.84. The van der Waals surface area contributed by atoms with Crippen LogP contribution in [0.15, 0.2) is 64.2 Å². The molecule has 0 aliphatic rings. The second-order valence-corrected chi connectivity index (χ2v) is 4.39. The van der Waals surface area contributed by atoms with Crippen molar-refractivity contribution in [2.75, 3.05) is 0 Å². The quantitative estimate of drug-likeness (QED) is 0.529. The van der Waals surface area contributed by atoms with Crippen LogP contribution in [0.5, 0.6) is 0 Å². The van der Waals surface area contributed by atoms with E-state index in [9.17, 15) is 4.79 Å². The highest BCUT2D eigenvalue weighted by Gasteiger charge is 2.14. The maximum absolute atomic E-state index is 12.5. The Balaban J connectivity index is 2.10. The number of rotatable bonds is 1. The minimum absolute atomic E-state index is 0.227. The zero-order chi connectivity index (χ0) is 13.5. The summed E-state index contributed by atoms with van der Waals surface area (Å²) < 4.78 is 7.00. The molecule has 4 aromatic rings. The van der Waals surface area contributed by atoms with E-state index in [1.54, 1.807) is 12.3 Å². The molecule has 0 N–H and O–H groups in total. The maximum atomic E-state index is 12.5. The van der Waals surface area contributed by atoms with Crippen LogP contribution in [0.3, 0.4) is 0 Å². The maximum Gasteiger partial charge on any atom is 0.301 e. The van der Waals surface area contributed by atoms with E-state index in [2.05, 4.69) is 9.97 Å². The third kappa shape index (κ3) is 1.46. The average molecular weight is 263 g/mol. The molecule has 0 unspecified atom stereocenters. The fourth-order valence-corrected chi connectivity index (χ4v) is 2.24. The van der Waals surface area contributed by atoms with Crippen LogP contribution in [0.1, 0.15) is 0 Å². The number of hydrogen-bond donors (Lipinski definition) is 0. The van der Waals surface area contributed by atoms with Gasteiger partial charge in [0.15, 0.2) is 0 Å². The zero-order valence-corrected chi connectivity index (χ0v) is 10.4. The van der Waals surface area contributed by atoms with E-state index in [1.807, 2.05) is 36.4 Å². The van der Waals surface area contributed by atoms with Gasteiger partial charge in [-0.2, -0.15) is 0 Å². The lowest BCUT2D eigenvalue weighted by molar-refractivity contribution is 0.643. The molecule has 5 heteroatoms. The third-order valence-electron chi connectivity index (χ3n) is 3.19. The average Bonchev–Trinajstić information content (AvgIpc) is 2.88. The summed E-state index contributed by atoms with van der Waals surface area (Å²) in [6, 6.07) is 12.9. The predicted molar refractivity (Wildman–Crippen MR) is 74.9 cm³/mol. The molecule has 0 saturated carbocycles. The number of fused-ring (bicyclic) bond motifs is 3. The fraction of sp³-hybridized carbons (Fsp3) is 0. The molecule has 0 bridgehead atoms. The molecule has 3 aromatic heterocycles. The Morgan fingerprint density at radius 1 is 1.00 bits per heavy atom. The molecule has 0 saturated heterocycles. The summed E-state index contributed by atoms with van der Waals surface area (Å²) in [5, 5.41) is 0.750. The van der Waals surface area contributed by atoms with Gasteiger partial charge in [0.25, 0.3) is 0 Å². The lowest BCUT2D eigenvalue weighted by atomic mass is 10.3. The van der Waals surface area contributed by atoms with Gasteiger partial charge in [-0.15, -0.1) is 0 Å². The summed E-state index contributed by atoms with van der Waals surface area (Å²) >= 11 is 0. The third-order valence-corrected chi connectivity index (χ3v) is 3.19. The Morgan fingerprint density at radius 3 is 2.70 bits per heavy atom. The summed E-state index contributed by atoms with van der Waals surface area (Å²) in [7, 11) is 0. The van der Waals surface area contributed by atoms with Crippen molar-refractivity contribution in [2.24, 2.45) is 0 Å². The minimum atomic E-state index is -0.237. The summed E-state index contributed by atoms with van der Waals surface area (Å²) in [4.78, 5) is 20.9. The molecule has 5 nitrogen and oxygen atoms in total. The van der Waals surface area contributed by atoms with Gasteiger partial charge in [0.1, 0.15) is 11.8 Å². The van der Waals surface area contributed by atoms with Crippen LogP contribution in [0.2, 0.25) is 0 Å². The molecular weight excluding hydrogens is 254 g/mol. The van der Waals surface area contributed by atoms with Gasteiger partial charge in [0.05, 0.1) is 11.1 Å². The molecule has 0 fully saturated rings. The lowest BCUT2D eigenvalue weighted by Crippen LogP contribution is -2.17. The van der Waals surface area contributed by atoms with E-state index >= 15 is 0 Å². The predicted octanol–water partition coefficient (Wildman–Crippen LogP) is 2.53. The lowest BCUT2D eigenvalue weighted by Gasteiger charge is -2.03. The van der Waals surface area contributed by atoms with Crippen molar-refractivity contribution in [1.29, 1.82) is 0 Å². The molecule has 3 heterocycles. The van der Waals surface area contributed by atoms with Crippen molar-refractivity contribution in [2.45, 2.75) is 0 Å². The minimum Gasteiger partial charge on any atom is -0.430 e. The first kappa shape index (κ1) is 10.9. The van der Waals surface area contributed by atoms with Gasteiger partial charge in [-0.05, 0) is 24.3 Å². The summed E-state index contributed by atoms with van der Waals surface area (Å²) in [5.41, 5.74) is 1.72. The van der Waals surface area contributed by atoms with Crippen molar-refractivity contribution in [3.63, 3.8) is 0 Å². The van der Waals surface area contributed by atoms with E-state index in [4.69, 9.17) is 4.42 Å². The number of aromatic nitrogens is 3. The molecule has 0 spiro atoms. The van der Waals surface area contributed by atoms with Gasteiger partial charge < -0.3 is 4.42 Å². The van der Waals surface area contributed by atoms with Gasteiger partial charge in [-0.25, -0.2) is 9.97 Å². The van der Waals surface area contributed by atoms with Gasteiger partial charge in [0, 0.05) is 6.20 Å². The van der Waals surface area contributed by atoms with Crippen LogP contribution < -0.4 is 5.56 Å². The Labute approximate surface area is 113 Å². The van der Waals surface area contributed by atoms with E-state index in [0.29, 0.717) is 11.2 Å². The van der Waals surface area contributed by atoms with Crippen molar-refractivity contribution in [3.8, 4) is 5.69 Å². The van der Waals surface area contributed by atoms with Crippen molar-refractivity contribution in [3.05, 3.63) is 65.3 Å². The standard InChI is InChI=1S/C15H9N3O2/c19-15-13-12(11-7-4-8-16-14(11)20-13)17-9-18(15)10-5-2-1-3-6-10/h1-9H. The number of benzene rings is 1. The summed E-state index contributed by atoms with van der Waals surface area (Å²) in [5.74, 6) is 0. The molecule has 0 atom stereocenters. The molecule has 0 radical (unpaired) electrons. The first-order valence-corrected chi connectivity index (χ1v) is 6.15. The number of hydrogen-bond acceptors (Lipinski definition) is 4. The van der Waals surface area contributed by atoms with Crippen molar-refractivity contribution in [1.82, 2.24) is 14.5 Å². The van der Waals surface area contributed by atoms with Gasteiger partial charge in [0.2, 0.25) is 11.3 Å². The second-order valence-electron chi connectivity index (χ2n) is 4.39.